The molecule has 86 valence electrons. The first kappa shape index (κ1) is 13.9. The minimum Gasteiger partial charge on any atom is -0.393 e. The second kappa shape index (κ2) is 6.41. The normalized spacial score (nSPS) is 16.7. The van der Waals surface area contributed by atoms with Crippen LogP contribution >= 0.6 is 0 Å². The summed E-state index contributed by atoms with van der Waals surface area (Å²) >= 11 is 0. The average Bonchev–Trinajstić information content (AvgIpc) is 2.18. The van der Waals surface area contributed by atoms with Gasteiger partial charge in [-0.3, -0.25) is 0 Å². The SMILES string of the molecule is CCC(CCC(O)(CC)CC)C(C)O. The minimum absolute atomic E-state index is 0.252. The monoisotopic (exact) mass is 202 g/mol. The van der Waals surface area contributed by atoms with Crippen LogP contribution in [0.2, 0.25) is 0 Å². The fraction of sp³-hybridized carbons (Fsp3) is 1.00. The van der Waals surface area contributed by atoms with E-state index >= 15 is 0 Å². The van der Waals surface area contributed by atoms with E-state index in [4.69, 9.17) is 0 Å². The number of aliphatic hydroxyl groups is 2. The van der Waals surface area contributed by atoms with E-state index in [0.29, 0.717) is 5.92 Å². The smallest absolute Gasteiger partial charge is 0.0642 e. The molecule has 0 rings (SSSR count). The van der Waals surface area contributed by atoms with Gasteiger partial charge in [0.1, 0.15) is 0 Å². The zero-order chi connectivity index (χ0) is 11.2. The lowest BCUT2D eigenvalue weighted by Crippen LogP contribution is -2.28. The maximum Gasteiger partial charge on any atom is 0.0642 e. The lowest BCUT2D eigenvalue weighted by Gasteiger charge is -2.28. The lowest BCUT2D eigenvalue weighted by atomic mass is 9.85. The highest BCUT2D eigenvalue weighted by Crippen LogP contribution is 2.26. The van der Waals surface area contributed by atoms with Gasteiger partial charge in [-0.05, 0) is 38.5 Å². The Morgan fingerprint density at radius 2 is 1.64 bits per heavy atom. The minimum atomic E-state index is -0.512. The number of aliphatic hydroxyl groups excluding tert-OH is 1. The molecule has 2 N–H and O–H groups in total. The predicted molar refractivity (Wildman–Crippen MR) is 60.2 cm³/mol. The molecule has 0 aromatic carbocycles. The Morgan fingerprint density at radius 3 is 1.93 bits per heavy atom. The van der Waals surface area contributed by atoms with Gasteiger partial charge in [-0.1, -0.05) is 27.2 Å². The molecule has 0 aromatic heterocycles. The third-order valence-corrected chi connectivity index (χ3v) is 3.50. The molecule has 14 heavy (non-hydrogen) atoms. The summed E-state index contributed by atoms with van der Waals surface area (Å²) in [6, 6.07) is 0. The van der Waals surface area contributed by atoms with Crippen molar-refractivity contribution >= 4 is 0 Å². The highest BCUT2D eigenvalue weighted by Gasteiger charge is 2.24. The Hall–Kier alpha value is -0.0800. The van der Waals surface area contributed by atoms with Crippen LogP contribution in [0.3, 0.4) is 0 Å². The zero-order valence-corrected chi connectivity index (χ0v) is 10.1. The van der Waals surface area contributed by atoms with Gasteiger partial charge in [-0.15, -0.1) is 0 Å². The predicted octanol–water partition coefficient (Wildman–Crippen LogP) is 2.72. The highest BCUT2D eigenvalue weighted by molar-refractivity contribution is 4.77. The molecule has 0 radical (unpaired) electrons. The standard InChI is InChI=1S/C12H26O2/c1-5-11(10(4)13)8-9-12(14,6-2)7-3/h10-11,13-14H,5-9H2,1-4H3. The summed E-state index contributed by atoms with van der Waals surface area (Å²) in [6.45, 7) is 7.97. The summed E-state index contributed by atoms with van der Waals surface area (Å²) < 4.78 is 0. The Labute approximate surface area is 88.3 Å². The average molecular weight is 202 g/mol. The fourth-order valence-corrected chi connectivity index (χ4v) is 1.84. The number of rotatable bonds is 7. The van der Waals surface area contributed by atoms with Crippen molar-refractivity contribution in [1.29, 1.82) is 0 Å². The van der Waals surface area contributed by atoms with Gasteiger partial charge >= 0.3 is 0 Å². The third kappa shape index (κ3) is 4.43. The van der Waals surface area contributed by atoms with E-state index in [1.165, 1.54) is 0 Å². The molecule has 2 atom stereocenters. The number of hydrogen-bond donors (Lipinski definition) is 2. The highest BCUT2D eigenvalue weighted by atomic mass is 16.3. The molecule has 0 aliphatic carbocycles. The fourth-order valence-electron chi connectivity index (χ4n) is 1.84. The zero-order valence-electron chi connectivity index (χ0n) is 10.1. The topological polar surface area (TPSA) is 40.5 Å². The summed E-state index contributed by atoms with van der Waals surface area (Å²) in [5.74, 6) is 0.333. The van der Waals surface area contributed by atoms with Crippen LogP contribution < -0.4 is 0 Å². The van der Waals surface area contributed by atoms with Crippen molar-refractivity contribution < 1.29 is 10.2 Å². The molecule has 0 heterocycles. The molecule has 0 fully saturated rings. The van der Waals surface area contributed by atoms with Crippen LogP contribution in [0.25, 0.3) is 0 Å². The Kier molecular flexibility index (Phi) is 6.38. The van der Waals surface area contributed by atoms with Gasteiger partial charge in [0.25, 0.3) is 0 Å². The van der Waals surface area contributed by atoms with Gasteiger partial charge < -0.3 is 10.2 Å². The second-order valence-corrected chi connectivity index (χ2v) is 4.38. The molecule has 0 aliphatic rings. The van der Waals surface area contributed by atoms with E-state index in [9.17, 15) is 10.2 Å². The first-order chi connectivity index (χ1) is 6.49. The van der Waals surface area contributed by atoms with Crippen molar-refractivity contribution in [3.63, 3.8) is 0 Å². The molecule has 0 aliphatic heterocycles. The van der Waals surface area contributed by atoms with E-state index in [-0.39, 0.29) is 6.10 Å². The van der Waals surface area contributed by atoms with Crippen LogP contribution in [-0.4, -0.2) is 21.9 Å². The third-order valence-electron chi connectivity index (χ3n) is 3.50. The van der Waals surface area contributed by atoms with E-state index in [0.717, 1.165) is 32.1 Å². The summed E-state index contributed by atoms with van der Waals surface area (Å²) in [4.78, 5) is 0. The van der Waals surface area contributed by atoms with E-state index in [2.05, 4.69) is 6.92 Å². The van der Waals surface area contributed by atoms with E-state index < -0.39 is 5.60 Å². The summed E-state index contributed by atoms with van der Waals surface area (Å²) in [5.41, 5.74) is -0.512. The van der Waals surface area contributed by atoms with Crippen LogP contribution in [0.4, 0.5) is 0 Å². The van der Waals surface area contributed by atoms with Gasteiger partial charge in [-0.25, -0.2) is 0 Å². The molecule has 2 unspecified atom stereocenters. The van der Waals surface area contributed by atoms with Crippen LogP contribution in [-0.2, 0) is 0 Å². The molecule has 2 nitrogen and oxygen atoms in total. The van der Waals surface area contributed by atoms with Crippen LogP contribution in [0.1, 0.15) is 59.8 Å². The quantitative estimate of drug-likeness (QED) is 0.666. The summed E-state index contributed by atoms with van der Waals surface area (Å²) in [7, 11) is 0. The van der Waals surface area contributed by atoms with Crippen LogP contribution in [0.5, 0.6) is 0 Å². The van der Waals surface area contributed by atoms with E-state index in [1.54, 1.807) is 0 Å². The molecular formula is C12H26O2. The van der Waals surface area contributed by atoms with Crippen LogP contribution in [0, 0.1) is 5.92 Å². The van der Waals surface area contributed by atoms with Crippen molar-refractivity contribution in [1.82, 2.24) is 0 Å². The Bertz CT molecular complexity index is 139. The molecule has 0 spiro atoms. The van der Waals surface area contributed by atoms with Crippen molar-refractivity contribution in [2.24, 2.45) is 5.92 Å². The molecule has 0 amide bonds. The van der Waals surface area contributed by atoms with Crippen LogP contribution in [0.15, 0.2) is 0 Å². The molecule has 2 heteroatoms. The Balaban J connectivity index is 4.00. The van der Waals surface area contributed by atoms with Crippen molar-refractivity contribution in [3.05, 3.63) is 0 Å². The van der Waals surface area contributed by atoms with E-state index in [1.807, 2.05) is 20.8 Å². The van der Waals surface area contributed by atoms with Crippen molar-refractivity contribution in [2.75, 3.05) is 0 Å². The molecule has 0 aromatic rings. The van der Waals surface area contributed by atoms with Gasteiger partial charge in [0, 0.05) is 0 Å². The molecule has 0 bridgehead atoms. The maximum absolute atomic E-state index is 10.1. The van der Waals surface area contributed by atoms with Gasteiger partial charge in [0.05, 0.1) is 11.7 Å². The van der Waals surface area contributed by atoms with Gasteiger partial charge in [0.15, 0.2) is 0 Å². The van der Waals surface area contributed by atoms with Gasteiger partial charge in [-0.2, -0.15) is 0 Å². The summed E-state index contributed by atoms with van der Waals surface area (Å²) in [6.07, 6.45) is 4.08. The largest absolute Gasteiger partial charge is 0.393 e. The first-order valence-electron chi connectivity index (χ1n) is 5.89. The Morgan fingerprint density at radius 1 is 1.14 bits per heavy atom. The molecule has 0 saturated carbocycles. The van der Waals surface area contributed by atoms with Crippen molar-refractivity contribution in [2.45, 2.75) is 71.5 Å². The number of hydrogen-bond acceptors (Lipinski definition) is 2. The first-order valence-corrected chi connectivity index (χ1v) is 5.89. The lowest BCUT2D eigenvalue weighted by molar-refractivity contribution is 0.00911. The second-order valence-electron chi connectivity index (χ2n) is 4.38. The maximum atomic E-state index is 10.1. The summed E-state index contributed by atoms with van der Waals surface area (Å²) in [5, 5.41) is 19.5. The molecule has 0 saturated heterocycles. The van der Waals surface area contributed by atoms with Crippen molar-refractivity contribution in [3.8, 4) is 0 Å². The van der Waals surface area contributed by atoms with Gasteiger partial charge in [0.2, 0.25) is 0 Å². The molecular weight excluding hydrogens is 176 g/mol.